The van der Waals surface area contributed by atoms with Crippen LogP contribution in [0.3, 0.4) is 0 Å². The molecule has 5 nitrogen and oxygen atoms in total. The number of amides is 1. The normalized spacial score (nSPS) is 12.9. The van der Waals surface area contributed by atoms with Crippen molar-refractivity contribution < 1.29 is 19.1 Å². The van der Waals surface area contributed by atoms with Crippen molar-refractivity contribution in [3.05, 3.63) is 46.3 Å². The van der Waals surface area contributed by atoms with Gasteiger partial charge < -0.3 is 14.8 Å². The second-order valence-electron chi connectivity index (χ2n) is 6.45. The highest BCUT2D eigenvalue weighted by Crippen LogP contribution is 2.38. The maximum Gasteiger partial charge on any atom is 0.341 e. The Balaban J connectivity index is 1.58. The summed E-state index contributed by atoms with van der Waals surface area (Å²) in [5, 5.41) is 3.56. The Labute approximate surface area is 163 Å². The smallest absolute Gasteiger partial charge is 0.341 e. The average molecular weight is 388 g/mol. The number of anilines is 1. The number of carbonyl (C=O) groups excluding carboxylic acids is 2. The van der Waals surface area contributed by atoms with E-state index in [9.17, 15) is 9.59 Å². The Kier molecular flexibility index (Phi) is 6.87. The molecule has 1 aromatic heterocycles. The summed E-state index contributed by atoms with van der Waals surface area (Å²) in [6.07, 6.45) is 4.99. The molecule has 1 amide bonds. The fraction of sp³-hybridized carbons (Fsp3) is 0.429. The molecule has 6 heteroatoms. The maximum absolute atomic E-state index is 12.4. The molecule has 0 bridgehead atoms. The molecule has 0 saturated heterocycles. The summed E-state index contributed by atoms with van der Waals surface area (Å²) in [5.41, 5.74) is 1.62. The molecular formula is C21H25NO4S. The van der Waals surface area contributed by atoms with E-state index in [2.05, 4.69) is 5.32 Å². The molecular weight excluding hydrogens is 362 g/mol. The van der Waals surface area contributed by atoms with Crippen molar-refractivity contribution in [2.75, 3.05) is 18.5 Å². The van der Waals surface area contributed by atoms with Crippen LogP contribution in [-0.4, -0.2) is 25.1 Å². The molecule has 1 N–H and O–H groups in total. The van der Waals surface area contributed by atoms with Crippen molar-refractivity contribution >= 4 is 28.2 Å². The van der Waals surface area contributed by atoms with Crippen LogP contribution in [0.25, 0.3) is 0 Å². The van der Waals surface area contributed by atoms with E-state index in [1.807, 2.05) is 30.3 Å². The van der Waals surface area contributed by atoms with Crippen LogP contribution in [0, 0.1) is 0 Å². The first-order valence-corrected chi connectivity index (χ1v) is 10.3. The number of hydrogen-bond acceptors (Lipinski definition) is 5. The van der Waals surface area contributed by atoms with Crippen molar-refractivity contribution in [1.29, 1.82) is 0 Å². The lowest BCUT2D eigenvalue weighted by Gasteiger charge is -2.12. The van der Waals surface area contributed by atoms with E-state index in [4.69, 9.17) is 9.47 Å². The number of nitrogens with one attached hydrogen (secondary N) is 1. The van der Waals surface area contributed by atoms with Crippen molar-refractivity contribution in [3.63, 3.8) is 0 Å². The SMILES string of the molecule is CCOC(=O)c1c(NC(=O)CCCOc2ccccc2)sc2c1CCCC2. The topological polar surface area (TPSA) is 64.6 Å². The first-order valence-electron chi connectivity index (χ1n) is 9.48. The molecule has 1 heterocycles. The summed E-state index contributed by atoms with van der Waals surface area (Å²) in [6.45, 7) is 2.60. The Morgan fingerprint density at radius 3 is 2.70 bits per heavy atom. The Morgan fingerprint density at radius 1 is 1.15 bits per heavy atom. The molecule has 3 rings (SSSR count). The summed E-state index contributed by atoms with van der Waals surface area (Å²) in [5.74, 6) is 0.365. The van der Waals surface area contributed by atoms with Gasteiger partial charge in [0.2, 0.25) is 5.91 Å². The van der Waals surface area contributed by atoms with Crippen LogP contribution in [0.1, 0.15) is 53.4 Å². The van der Waals surface area contributed by atoms with Crippen LogP contribution in [0.5, 0.6) is 5.75 Å². The van der Waals surface area contributed by atoms with E-state index in [1.165, 1.54) is 16.2 Å². The quantitative estimate of drug-likeness (QED) is 0.531. The van der Waals surface area contributed by atoms with Crippen molar-refractivity contribution in [1.82, 2.24) is 0 Å². The molecule has 0 unspecified atom stereocenters. The van der Waals surface area contributed by atoms with Gasteiger partial charge >= 0.3 is 5.97 Å². The zero-order chi connectivity index (χ0) is 19.1. The van der Waals surface area contributed by atoms with E-state index in [-0.39, 0.29) is 11.9 Å². The predicted molar refractivity (Wildman–Crippen MR) is 107 cm³/mol. The molecule has 1 aliphatic carbocycles. The molecule has 1 aromatic carbocycles. The van der Waals surface area contributed by atoms with Gasteiger partial charge in [-0.25, -0.2) is 4.79 Å². The van der Waals surface area contributed by atoms with Crippen LogP contribution < -0.4 is 10.1 Å². The number of esters is 1. The third kappa shape index (κ3) is 5.10. The minimum atomic E-state index is -0.334. The highest BCUT2D eigenvalue weighted by molar-refractivity contribution is 7.17. The van der Waals surface area contributed by atoms with Gasteiger partial charge in [-0.2, -0.15) is 0 Å². The number of hydrogen-bond donors (Lipinski definition) is 1. The van der Waals surface area contributed by atoms with Crippen molar-refractivity contribution in [2.24, 2.45) is 0 Å². The zero-order valence-corrected chi connectivity index (χ0v) is 16.4. The van der Waals surface area contributed by atoms with Gasteiger partial charge in [-0.15, -0.1) is 11.3 Å². The Morgan fingerprint density at radius 2 is 1.93 bits per heavy atom. The summed E-state index contributed by atoms with van der Waals surface area (Å²) >= 11 is 1.52. The van der Waals surface area contributed by atoms with E-state index in [1.54, 1.807) is 6.92 Å². The highest BCUT2D eigenvalue weighted by atomic mass is 32.1. The molecule has 144 valence electrons. The number of ether oxygens (including phenoxy) is 2. The van der Waals surface area contributed by atoms with Gasteiger partial charge in [-0.05, 0) is 56.7 Å². The van der Waals surface area contributed by atoms with Crippen LogP contribution in [-0.2, 0) is 22.4 Å². The fourth-order valence-corrected chi connectivity index (χ4v) is 4.50. The van der Waals surface area contributed by atoms with Gasteiger partial charge in [-0.3, -0.25) is 4.79 Å². The van der Waals surface area contributed by atoms with Crippen LogP contribution in [0.2, 0.25) is 0 Å². The standard InChI is InChI=1S/C21H25NO4S/c1-2-25-21(24)19-16-11-6-7-12-17(16)27-20(19)22-18(23)13-8-14-26-15-9-4-3-5-10-15/h3-5,9-10H,2,6-8,11-14H2,1H3,(H,22,23). The van der Waals surface area contributed by atoms with Crippen LogP contribution >= 0.6 is 11.3 Å². The molecule has 1 aliphatic rings. The summed E-state index contributed by atoms with van der Waals surface area (Å²) in [7, 11) is 0. The number of carbonyl (C=O) groups is 2. The third-order valence-corrected chi connectivity index (χ3v) is 5.67. The van der Waals surface area contributed by atoms with Gasteiger partial charge in [0.05, 0.1) is 18.8 Å². The molecule has 0 aliphatic heterocycles. The van der Waals surface area contributed by atoms with Crippen LogP contribution in [0.4, 0.5) is 5.00 Å². The number of aryl methyl sites for hydroxylation is 1. The Bertz CT molecular complexity index is 785. The first kappa shape index (κ1) is 19.4. The first-order chi connectivity index (χ1) is 13.2. The summed E-state index contributed by atoms with van der Waals surface area (Å²) in [4.78, 5) is 26.0. The van der Waals surface area contributed by atoms with Crippen LogP contribution in [0.15, 0.2) is 30.3 Å². The average Bonchev–Trinajstić information content (AvgIpc) is 3.04. The van der Waals surface area contributed by atoms with Crippen molar-refractivity contribution in [3.8, 4) is 5.75 Å². The molecule has 0 spiro atoms. The Hall–Kier alpha value is -2.34. The van der Waals surface area contributed by atoms with Gasteiger partial charge in [0, 0.05) is 11.3 Å². The lowest BCUT2D eigenvalue weighted by Crippen LogP contribution is -2.16. The number of thiophene rings is 1. The monoisotopic (exact) mass is 387 g/mol. The number of para-hydroxylation sites is 1. The molecule has 0 fully saturated rings. The molecule has 0 radical (unpaired) electrons. The highest BCUT2D eigenvalue weighted by Gasteiger charge is 2.27. The van der Waals surface area contributed by atoms with E-state index in [0.29, 0.717) is 36.6 Å². The molecule has 0 saturated carbocycles. The van der Waals surface area contributed by atoms with E-state index >= 15 is 0 Å². The van der Waals surface area contributed by atoms with Gasteiger partial charge in [-0.1, -0.05) is 18.2 Å². The second-order valence-corrected chi connectivity index (χ2v) is 7.55. The number of fused-ring (bicyclic) bond motifs is 1. The third-order valence-electron chi connectivity index (χ3n) is 4.46. The predicted octanol–water partition coefficient (Wildman–Crippen LogP) is 4.60. The summed E-state index contributed by atoms with van der Waals surface area (Å²) < 4.78 is 10.8. The maximum atomic E-state index is 12.4. The molecule has 27 heavy (non-hydrogen) atoms. The minimum Gasteiger partial charge on any atom is -0.494 e. The van der Waals surface area contributed by atoms with E-state index < -0.39 is 0 Å². The number of rotatable bonds is 8. The molecule has 2 aromatic rings. The second kappa shape index (κ2) is 9.55. The van der Waals surface area contributed by atoms with Gasteiger partial charge in [0.15, 0.2) is 0 Å². The zero-order valence-electron chi connectivity index (χ0n) is 15.6. The largest absolute Gasteiger partial charge is 0.494 e. The van der Waals surface area contributed by atoms with Gasteiger partial charge in [0.25, 0.3) is 0 Å². The van der Waals surface area contributed by atoms with Crippen molar-refractivity contribution in [2.45, 2.75) is 45.4 Å². The number of benzene rings is 1. The van der Waals surface area contributed by atoms with Gasteiger partial charge in [0.1, 0.15) is 10.8 Å². The lowest BCUT2D eigenvalue weighted by atomic mass is 9.95. The fourth-order valence-electron chi connectivity index (χ4n) is 3.20. The molecule has 0 atom stereocenters. The summed E-state index contributed by atoms with van der Waals surface area (Å²) in [6, 6.07) is 9.54. The van der Waals surface area contributed by atoms with E-state index in [0.717, 1.165) is 37.0 Å². The lowest BCUT2D eigenvalue weighted by molar-refractivity contribution is -0.116. The minimum absolute atomic E-state index is 0.101.